The van der Waals surface area contributed by atoms with Gasteiger partial charge in [-0.2, -0.15) is 0 Å². The molecule has 1 aromatic rings. The maximum Gasteiger partial charge on any atom is 0.0434 e. The van der Waals surface area contributed by atoms with Gasteiger partial charge in [0.05, 0.1) is 0 Å². The van der Waals surface area contributed by atoms with Gasteiger partial charge in [-0.25, -0.2) is 0 Å². The second-order valence-electron chi connectivity index (χ2n) is 5.00. The molecule has 0 aliphatic carbocycles. The van der Waals surface area contributed by atoms with Crippen molar-refractivity contribution in [3.05, 3.63) is 41.0 Å². The van der Waals surface area contributed by atoms with E-state index in [1.807, 2.05) is 6.92 Å². The molecule has 0 radical (unpaired) electrons. The average Bonchev–Trinajstić information content (AvgIpc) is 2.17. The summed E-state index contributed by atoms with van der Waals surface area (Å²) in [4.78, 5) is 0. The monoisotopic (exact) mass is 222 g/mol. The molecule has 0 N–H and O–H groups in total. The van der Waals surface area contributed by atoms with E-state index in [-0.39, 0.29) is 5.41 Å². The maximum absolute atomic E-state index is 5.74. The van der Waals surface area contributed by atoms with Gasteiger partial charge < -0.3 is 0 Å². The van der Waals surface area contributed by atoms with Crippen LogP contribution < -0.4 is 0 Å². The number of halogens is 1. The molecule has 0 aliphatic rings. The van der Waals surface area contributed by atoms with Crippen molar-refractivity contribution >= 4 is 17.7 Å². The molecule has 0 heterocycles. The first-order valence-corrected chi connectivity index (χ1v) is 5.80. The summed E-state index contributed by atoms with van der Waals surface area (Å²) in [7, 11) is 0. The lowest BCUT2D eigenvalue weighted by molar-refractivity contribution is 0.590. The number of benzene rings is 1. The Labute approximate surface area is 98.0 Å². The van der Waals surface area contributed by atoms with Crippen LogP contribution in [0.25, 0.3) is 6.08 Å². The van der Waals surface area contributed by atoms with Crippen molar-refractivity contribution in [3.8, 4) is 0 Å². The van der Waals surface area contributed by atoms with Gasteiger partial charge in [0.2, 0.25) is 0 Å². The van der Waals surface area contributed by atoms with Crippen molar-refractivity contribution in [2.24, 2.45) is 0 Å². The van der Waals surface area contributed by atoms with Crippen LogP contribution in [0.15, 0.2) is 29.8 Å². The van der Waals surface area contributed by atoms with Crippen LogP contribution in [0.4, 0.5) is 0 Å². The van der Waals surface area contributed by atoms with Crippen LogP contribution >= 0.6 is 11.6 Å². The van der Waals surface area contributed by atoms with Crippen molar-refractivity contribution in [3.63, 3.8) is 0 Å². The quantitative estimate of drug-likeness (QED) is 0.641. The minimum absolute atomic E-state index is 0.226. The standard InChI is InChI=1S/C14H19Cl/c1-11(10-15)9-12-5-7-13(8-6-12)14(2,3)4/h5-9H,10H2,1-4H3/b11-9+. The van der Waals surface area contributed by atoms with Crippen molar-refractivity contribution < 1.29 is 0 Å². The Morgan fingerprint density at radius 2 is 1.73 bits per heavy atom. The summed E-state index contributed by atoms with van der Waals surface area (Å²) >= 11 is 5.74. The van der Waals surface area contributed by atoms with E-state index < -0.39 is 0 Å². The highest BCUT2D eigenvalue weighted by Crippen LogP contribution is 2.22. The molecule has 0 atom stereocenters. The summed E-state index contributed by atoms with van der Waals surface area (Å²) in [5, 5.41) is 0. The molecular formula is C14H19Cl. The third-order valence-corrected chi connectivity index (χ3v) is 2.82. The van der Waals surface area contributed by atoms with E-state index in [4.69, 9.17) is 11.6 Å². The minimum atomic E-state index is 0.226. The molecule has 0 fully saturated rings. The third-order valence-electron chi connectivity index (χ3n) is 2.40. The van der Waals surface area contributed by atoms with Crippen LogP contribution in [0.3, 0.4) is 0 Å². The predicted molar refractivity (Wildman–Crippen MR) is 69.5 cm³/mol. The minimum Gasteiger partial charge on any atom is -0.122 e. The van der Waals surface area contributed by atoms with Crippen LogP contribution in [0.1, 0.15) is 38.8 Å². The molecule has 0 saturated heterocycles. The van der Waals surface area contributed by atoms with Crippen LogP contribution in [-0.4, -0.2) is 5.88 Å². The molecule has 0 aliphatic heterocycles. The summed E-state index contributed by atoms with van der Waals surface area (Å²) in [6, 6.07) is 8.67. The molecule has 0 aromatic heterocycles. The van der Waals surface area contributed by atoms with E-state index in [1.54, 1.807) is 0 Å². The van der Waals surface area contributed by atoms with E-state index in [0.29, 0.717) is 5.88 Å². The molecular weight excluding hydrogens is 204 g/mol. The van der Waals surface area contributed by atoms with Gasteiger partial charge in [0.15, 0.2) is 0 Å². The largest absolute Gasteiger partial charge is 0.122 e. The third kappa shape index (κ3) is 3.71. The molecule has 15 heavy (non-hydrogen) atoms. The predicted octanol–water partition coefficient (Wildman–Crippen LogP) is 4.63. The van der Waals surface area contributed by atoms with Gasteiger partial charge in [0, 0.05) is 5.88 Å². The molecule has 0 amide bonds. The lowest BCUT2D eigenvalue weighted by Gasteiger charge is -2.18. The summed E-state index contributed by atoms with van der Waals surface area (Å²) in [5.41, 5.74) is 4.01. The molecule has 0 nitrogen and oxygen atoms in total. The van der Waals surface area contributed by atoms with E-state index in [9.17, 15) is 0 Å². The zero-order chi connectivity index (χ0) is 11.5. The molecule has 82 valence electrons. The molecule has 0 saturated carbocycles. The highest BCUT2D eigenvalue weighted by atomic mass is 35.5. The van der Waals surface area contributed by atoms with Crippen LogP contribution in [0, 0.1) is 0 Å². The van der Waals surface area contributed by atoms with Gasteiger partial charge in [-0.1, -0.05) is 56.7 Å². The fourth-order valence-corrected chi connectivity index (χ4v) is 1.48. The summed E-state index contributed by atoms with van der Waals surface area (Å²) < 4.78 is 0. The summed E-state index contributed by atoms with van der Waals surface area (Å²) in [6.45, 7) is 8.72. The van der Waals surface area contributed by atoms with Crippen LogP contribution in [0.2, 0.25) is 0 Å². The zero-order valence-electron chi connectivity index (χ0n) is 9.97. The van der Waals surface area contributed by atoms with E-state index in [2.05, 4.69) is 51.1 Å². The molecule has 1 aromatic carbocycles. The average molecular weight is 223 g/mol. The van der Waals surface area contributed by atoms with E-state index in [1.165, 1.54) is 16.7 Å². The summed E-state index contributed by atoms with van der Waals surface area (Å²) in [6.07, 6.45) is 2.12. The second kappa shape index (κ2) is 4.85. The maximum atomic E-state index is 5.74. The lowest BCUT2D eigenvalue weighted by atomic mass is 9.86. The Bertz CT molecular complexity index is 339. The fourth-order valence-electron chi connectivity index (χ4n) is 1.40. The van der Waals surface area contributed by atoms with Crippen LogP contribution in [-0.2, 0) is 5.41 Å². The van der Waals surface area contributed by atoms with Gasteiger partial charge >= 0.3 is 0 Å². The normalized spacial score (nSPS) is 13.0. The Morgan fingerprint density at radius 3 is 2.13 bits per heavy atom. The van der Waals surface area contributed by atoms with Crippen molar-refractivity contribution in [2.45, 2.75) is 33.1 Å². The Hall–Kier alpha value is -0.750. The number of alkyl halides is 1. The van der Waals surface area contributed by atoms with Crippen molar-refractivity contribution in [2.75, 3.05) is 5.88 Å². The first-order chi connectivity index (χ1) is 6.93. The Morgan fingerprint density at radius 1 is 1.20 bits per heavy atom. The molecule has 0 unspecified atom stereocenters. The highest BCUT2D eigenvalue weighted by Gasteiger charge is 2.12. The first-order valence-electron chi connectivity index (χ1n) is 5.27. The van der Waals surface area contributed by atoms with Gasteiger partial charge in [-0.05, 0) is 23.5 Å². The number of rotatable bonds is 2. The van der Waals surface area contributed by atoms with Gasteiger partial charge in [0.1, 0.15) is 0 Å². The van der Waals surface area contributed by atoms with Gasteiger partial charge in [-0.3, -0.25) is 0 Å². The lowest BCUT2D eigenvalue weighted by Crippen LogP contribution is -2.10. The molecule has 0 spiro atoms. The fraction of sp³-hybridized carbons (Fsp3) is 0.429. The van der Waals surface area contributed by atoms with Crippen LogP contribution in [0.5, 0.6) is 0 Å². The Kier molecular flexibility index (Phi) is 3.98. The van der Waals surface area contributed by atoms with Crippen molar-refractivity contribution in [1.29, 1.82) is 0 Å². The Balaban J connectivity index is 2.91. The van der Waals surface area contributed by atoms with E-state index >= 15 is 0 Å². The molecule has 1 heteroatoms. The number of hydrogen-bond acceptors (Lipinski definition) is 0. The SMILES string of the molecule is C/C(=C\c1ccc(C(C)(C)C)cc1)CCl. The second-order valence-corrected chi connectivity index (χ2v) is 5.26. The molecule has 0 bridgehead atoms. The van der Waals surface area contributed by atoms with E-state index in [0.717, 1.165) is 0 Å². The smallest absolute Gasteiger partial charge is 0.0434 e. The number of hydrogen-bond donors (Lipinski definition) is 0. The summed E-state index contributed by atoms with van der Waals surface area (Å²) in [5.74, 6) is 0.598. The van der Waals surface area contributed by atoms with Gasteiger partial charge in [0.25, 0.3) is 0 Å². The van der Waals surface area contributed by atoms with Gasteiger partial charge in [-0.15, -0.1) is 11.6 Å². The highest BCUT2D eigenvalue weighted by molar-refractivity contribution is 6.19. The van der Waals surface area contributed by atoms with Crippen molar-refractivity contribution in [1.82, 2.24) is 0 Å². The first kappa shape index (κ1) is 12.3. The zero-order valence-corrected chi connectivity index (χ0v) is 10.7. The molecule has 1 rings (SSSR count). The topological polar surface area (TPSA) is 0 Å². The number of allylic oxidation sites excluding steroid dienone is 1.